The van der Waals surface area contributed by atoms with Gasteiger partial charge in [0.1, 0.15) is 11.9 Å². The van der Waals surface area contributed by atoms with Crippen LogP contribution in [-0.4, -0.2) is 51.5 Å². The molecule has 6 heteroatoms. The highest BCUT2D eigenvalue weighted by Crippen LogP contribution is 2.28. The van der Waals surface area contributed by atoms with E-state index in [0.717, 1.165) is 49.8 Å². The van der Waals surface area contributed by atoms with Gasteiger partial charge in [0.25, 0.3) is 0 Å². The van der Waals surface area contributed by atoms with E-state index >= 15 is 0 Å². The first-order chi connectivity index (χ1) is 9.77. The van der Waals surface area contributed by atoms with Gasteiger partial charge in [-0.15, -0.1) is 0 Å². The number of nitrogens with zero attached hydrogens (tertiary/aromatic N) is 3. The van der Waals surface area contributed by atoms with Crippen LogP contribution in [0.15, 0.2) is 12.4 Å². The first-order valence-corrected chi connectivity index (χ1v) is 8.49. The number of piperazine rings is 1. The lowest BCUT2D eigenvalue weighted by molar-refractivity contribution is -0.139. The van der Waals surface area contributed by atoms with Gasteiger partial charge in [0.15, 0.2) is 0 Å². The molecule has 110 valence electrons. The Balaban J connectivity index is 1.78. The van der Waals surface area contributed by atoms with Crippen molar-refractivity contribution in [3.8, 4) is 0 Å². The molecule has 2 fully saturated rings. The molecular formula is C14H22N4OS. The summed E-state index contributed by atoms with van der Waals surface area (Å²) in [5, 5.41) is 3.39. The Kier molecular flexibility index (Phi) is 4.31. The highest BCUT2D eigenvalue weighted by molar-refractivity contribution is 7.99. The molecule has 0 aliphatic carbocycles. The van der Waals surface area contributed by atoms with Crippen molar-refractivity contribution in [3.63, 3.8) is 0 Å². The van der Waals surface area contributed by atoms with Crippen molar-refractivity contribution in [2.75, 3.05) is 31.1 Å². The molecule has 0 radical (unpaired) electrons. The molecule has 3 heterocycles. The zero-order valence-electron chi connectivity index (χ0n) is 11.9. The minimum absolute atomic E-state index is 0.0748. The molecule has 1 unspecified atom stereocenters. The van der Waals surface area contributed by atoms with Crippen LogP contribution >= 0.6 is 11.8 Å². The van der Waals surface area contributed by atoms with Crippen molar-refractivity contribution >= 4 is 17.7 Å². The molecular weight excluding hydrogens is 272 g/mol. The van der Waals surface area contributed by atoms with E-state index in [2.05, 4.69) is 15.2 Å². The first kappa shape index (κ1) is 13.9. The number of aromatic nitrogens is 2. The summed E-state index contributed by atoms with van der Waals surface area (Å²) < 4.78 is 2.02. The fourth-order valence-electron chi connectivity index (χ4n) is 3.08. The molecule has 2 aliphatic heterocycles. The zero-order valence-corrected chi connectivity index (χ0v) is 12.7. The molecule has 1 aromatic rings. The Bertz CT molecular complexity index is 469. The predicted molar refractivity (Wildman–Crippen MR) is 80.6 cm³/mol. The van der Waals surface area contributed by atoms with Crippen LogP contribution in [0.1, 0.15) is 24.7 Å². The number of carbonyl (C=O) groups is 1. The molecule has 1 aromatic heterocycles. The Morgan fingerprint density at radius 3 is 2.95 bits per heavy atom. The van der Waals surface area contributed by atoms with E-state index in [1.165, 1.54) is 0 Å². The fraction of sp³-hybridized carbons (Fsp3) is 0.714. The lowest BCUT2D eigenvalue weighted by Gasteiger charge is -2.38. The van der Waals surface area contributed by atoms with Gasteiger partial charge >= 0.3 is 0 Å². The van der Waals surface area contributed by atoms with Gasteiger partial charge < -0.3 is 14.8 Å². The Labute approximate surface area is 124 Å². The summed E-state index contributed by atoms with van der Waals surface area (Å²) in [5.41, 5.74) is 0. The SMILES string of the molecule is Cn1ccnc1C1CNCCN1C(=O)C1CCSCC1. The maximum Gasteiger partial charge on any atom is 0.226 e. The zero-order chi connectivity index (χ0) is 13.9. The van der Waals surface area contributed by atoms with Crippen LogP contribution in [0.4, 0.5) is 0 Å². The van der Waals surface area contributed by atoms with Crippen molar-refractivity contribution in [2.45, 2.75) is 18.9 Å². The van der Waals surface area contributed by atoms with Crippen molar-refractivity contribution in [3.05, 3.63) is 18.2 Å². The summed E-state index contributed by atoms with van der Waals surface area (Å²) in [7, 11) is 2.00. The minimum Gasteiger partial charge on any atom is -0.336 e. The van der Waals surface area contributed by atoms with Crippen LogP contribution in [0, 0.1) is 5.92 Å². The molecule has 2 aliphatic rings. The topological polar surface area (TPSA) is 50.2 Å². The van der Waals surface area contributed by atoms with Gasteiger partial charge in [-0.25, -0.2) is 4.98 Å². The molecule has 20 heavy (non-hydrogen) atoms. The Morgan fingerprint density at radius 1 is 1.45 bits per heavy atom. The third-order valence-electron chi connectivity index (χ3n) is 4.25. The quantitative estimate of drug-likeness (QED) is 0.885. The highest BCUT2D eigenvalue weighted by atomic mass is 32.2. The molecule has 5 nitrogen and oxygen atoms in total. The number of amides is 1. The van der Waals surface area contributed by atoms with Gasteiger partial charge in [-0.2, -0.15) is 11.8 Å². The molecule has 0 spiro atoms. The number of aryl methyl sites for hydroxylation is 1. The third kappa shape index (κ3) is 2.72. The van der Waals surface area contributed by atoms with Crippen molar-refractivity contribution < 1.29 is 4.79 Å². The van der Waals surface area contributed by atoms with E-state index in [1.807, 2.05) is 35.8 Å². The molecule has 0 aromatic carbocycles. The summed E-state index contributed by atoms with van der Waals surface area (Å²) in [6, 6.07) is 0.0748. The van der Waals surface area contributed by atoms with Crippen molar-refractivity contribution in [1.82, 2.24) is 19.8 Å². The predicted octanol–water partition coefficient (Wildman–Crippen LogP) is 1.04. The number of hydrogen-bond donors (Lipinski definition) is 1. The number of rotatable bonds is 2. The molecule has 1 atom stereocenters. The summed E-state index contributed by atoms with van der Waals surface area (Å²) in [4.78, 5) is 19.3. The van der Waals surface area contributed by atoms with E-state index in [-0.39, 0.29) is 12.0 Å². The molecule has 1 N–H and O–H groups in total. The number of carbonyl (C=O) groups excluding carboxylic acids is 1. The van der Waals surface area contributed by atoms with Crippen molar-refractivity contribution in [2.24, 2.45) is 13.0 Å². The van der Waals surface area contributed by atoms with Crippen LogP contribution in [0.3, 0.4) is 0 Å². The van der Waals surface area contributed by atoms with E-state index in [9.17, 15) is 4.79 Å². The van der Waals surface area contributed by atoms with Gasteiger partial charge in [0.05, 0.1) is 0 Å². The maximum atomic E-state index is 12.8. The highest BCUT2D eigenvalue weighted by Gasteiger charge is 2.34. The Hall–Kier alpha value is -1.01. The fourth-order valence-corrected chi connectivity index (χ4v) is 4.18. The van der Waals surface area contributed by atoms with Crippen molar-refractivity contribution in [1.29, 1.82) is 0 Å². The van der Waals surface area contributed by atoms with Crippen LogP contribution in [0.5, 0.6) is 0 Å². The number of imidazole rings is 1. The first-order valence-electron chi connectivity index (χ1n) is 7.33. The minimum atomic E-state index is 0.0748. The third-order valence-corrected chi connectivity index (χ3v) is 5.30. The van der Waals surface area contributed by atoms with Crippen LogP contribution in [0.25, 0.3) is 0 Å². The number of thioether (sulfide) groups is 1. The van der Waals surface area contributed by atoms with Crippen LogP contribution in [-0.2, 0) is 11.8 Å². The normalized spacial score (nSPS) is 24.9. The second-order valence-electron chi connectivity index (χ2n) is 5.53. The summed E-state index contributed by atoms with van der Waals surface area (Å²) in [5.74, 6) is 3.78. The smallest absolute Gasteiger partial charge is 0.226 e. The number of hydrogen-bond acceptors (Lipinski definition) is 4. The summed E-state index contributed by atoms with van der Waals surface area (Å²) in [6.45, 7) is 2.48. The van der Waals surface area contributed by atoms with Crippen LogP contribution in [0.2, 0.25) is 0 Å². The summed E-state index contributed by atoms with van der Waals surface area (Å²) in [6.07, 6.45) is 5.81. The summed E-state index contributed by atoms with van der Waals surface area (Å²) >= 11 is 1.96. The number of nitrogens with one attached hydrogen (secondary N) is 1. The molecule has 0 saturated carbocycles. The molecule has 2 saturated heterocycles. The molecule has 1 amide bonds. The second kappa shape index (κ2) is 6.18. The van der Waals surface area contributed by atoms with E-state index in [0.29, 0.717) is 5.91 Å². The monoisotopic (exact) mass is 294 g/mol. The average Bonchev–Trinajstić information content (AvgIpc) is 2.93. The van der Waals surface area contributed by atoms with Gasteiger partial charge in [-0.3, -0.25) is 4.79 Å². The van der Waals surface area contributed by atoms with Gasteiger partial charge in [0.2, 0.25) is 5.91 Å². The standard InChI is InChI=1S/C14H22N4OS/c1-17-6-5-16-13(17)12-10-15-4-7-18(12)14(19)11-2-8-20-9-3-11/h5-6,11-12,15H,2-4,7-10H2,1H3. The molecule has 0 bridgehead atoms. The average molecular weight is 294 g/mol. The maximum absolute atomic E-state index is 12.8. The van der Waals surface area contributed by atoms with E-state index in [1.54, 1.807) is 0 Å². The van der Waals surface area contributed by atoms with E-state index in [4.69, 9.17) is 0 Å². The van der Waals surface area contributed by atoms with Crippen LogP contribution < -0.4 is 5.32 Å². The largest absolute Gasteiger partial charge is 0.336 e. The van der Waals surface area contributed by atoms with Gasteiger partial charge in [-0.1, -0.05) is 0 Å². The lowest BCUT2D eigenvalue weighted by Crippen LogP contribution is -2.51. The van der Waals surface area contributed by atoms with E-state index < -0.39 is 0 Å². The van der Waals surface area contributed by atoms with Gasteiger partial charge in [0, 0.05) is 45.0 Å². The molecule has 3 rings (SSSR count). The second-order valence-corrected chi connectivity index (χ2v) is 6.76. The lowest BCUT2D eigenvalue weighted by atomic mass is 9.99. The van der Waals surface area contributed by atoms with Gasteiger partial charge in [-0.05, 0) is 24.3 Å². The Morgan fingerprint density at radius 2 is 2.25 bits per heavy atom.